The second kappa shape index (κ2) is 5.77. The van der Waals surface area contributed by atoms with Gasteiger partial charge < -0.3 is 14.6 Å². The average molecular weight is 364 g/mol. The highest BCUT2D eigenvalue weighted by Gasteiger charge is 2.51. The molecule has 2 aromatic rings. The van der Waals surface area contributed by atoms with Gasteiger partial charge in [0.15, 0.2) is 11.5 Å². The van der Waals surface area contributed by atoms with E-state index in [0.29, 0.717) is 27.8 Å². The molecule has 1 atom stereocenters. The van der Waals surface area contributed by atoms with Crippen LogP contribution in [0.15, 0.2) is 29.4 Å². The summed E-state index contributed by atoms with van der Waals surface area (Å²) in [5, 5.41) is 20.8. The third-order valence-electron chi connectivity index (χ3n) is 4.17. The zero-order valence-electron chi connectivity index (χ0n) is 13.6. The number of halogens is 2. The first-order chi connectivity index (χ1) is 12.4. The van der Waals surface area contributed by atoms with Crippen LogP contribution in [0.1, 0.15) is 23.8 Å². The number of hydrazone groups is 1. The summed E-state index contributed by atoms with van der Waals surface area (Å²) in [7, 11) is 0. The van der Waals surface area contributed by atoms with Crippen LogP contribution in [0.3, 0.4) is 0 Å². The van der Waals surface area contributed by atoms with Crippen LogP contribution in [0, 0.1) is 0 Å². The lowest BCUT2D eigenvalue weighted by molar-refractivity contribution is -0.164. The highest BCUT2D eigenvalue weighted by molar-refractivity contribution is 5.97. The molecule has 8 nitrogen and oxygen atoms in total. The number of rotatable bonds is 3. The number of carbonyl (C=O) groups is 1. The molecule has 2 aliphatic heterocycles. The number of alkyl halides is 2. The van der Waals surface area contributed by atoms with Gasteiger partial charge in [0.25, 0.3) is 12.3 Å². The SMILES string of the molecule is CC1=NN(C(=O)c2cc(-c3ccc4c(c3)OCO4)n[nH]2)[C@@](O)(C(F)F)C1. The van der Waals surface area contributed by atoms with Gasteiger partial charge in [0.1, 0.15) is 5.69 Å². The van der Waals surface area contributed by atoms with Gasteiger partial charge in [-0.25, -0.2) is 8.78 Å². The largest absolute Gasteiger partial charge is 0.454 e. The minimum Gasteiger partial charge on any atom is -0.454 e. The van der Waals surface area contributed by atoms with Crippen molar-refractivity contribution in [2.24, 2.45) is 5.10 Å². The Morgan fingerprint density at radius 2 is 2.12 bits per heavy atom. The normalized spacial score (nSPS) is 21.4. The standard InChI is InChI=1S/C16H14F2N4O4/c1-8-6-16(24,15(17)18)22(21-8)14(23)11-5-10(19-20-11)9-2-3-12-13(4-9)26-7-25-12/h2-5,15,24H,6-7H2,1H3,(H,19,20)/t16-/m0/s1. The first-order valence-electron chi connectivity index (χ1n) is 7.73. The number of aromatic amines is 1. The van der Waals surface area contributed by atoms with Gasteiger partial charge in [-0.15, -0.1) is 0 Å². The van der Waals surface area contributed by atoms with Crippen LogP contribution in [0.2, 0.25) is 0 Å². The van der Waals surface area contributed by atoms with Crippen LogP contribution in [-0.2, 0) is 0 Å². The number of fused-ring (bicyclic) bond motifs is 1. The maximum absolute atomic E-state index is 13.3. The molecule has 0 bridgehead atoms. The Morgan fingerprint density at radius 3 is 2.88 bits per heavy atom. The van der Waals surface area contributed by atoms with Gasteiger partial charge in [-0.2, -0.15) is 15.2 Å². The van der Waals surface area contributed by atoms with Crippen molar-refractivity contribution >= 4 is 11.6 Å². The number of H-pyrrole nitrogens is 1. The molecule has 10 heteroatoms. The number of amides is 1. The number of benzene rings is 1. The maximum atomic E-state index is 13.3. The summed E-state index contributed by atoms with van der Waals surface area (Å²) in [6.45, 7) is 1.59. The molecule has 1 amide bonds. The van der Waals surface area contributed by atoms with Gasteiger partial charge in [0.05, 0.1) is 5.69 Å². The Kier molecular flexibility index (Phi) is 3.65. The summed E-state index contributed by atoms with van der Waals surface area (Å²) < 4.78 is 37.0. The first-order valence-corrected chi connectivity index (χ1v) is 7.73. The van der Waals surface area contributed by atoms with E-state index in [4.69, 9.17) is 9.47 Å². The summed E-state index contributed by atoms with van der Waals surface area (Å²) >= 11 is 0. The summed E-state index contributed by atoms with van der Waals surface area (Å²) in [5.74, 6) is 0.249. The average Bonchev–Trinajstić information content (AvgIpc) is 3.31. The lowest BCUT2D eigenvalue weighted by atomic mass is 10.1. The van der Waals surface area contributed by atoms with E-state index in [1.807, 2.05) is 0 Å². The molecule has 0 spiro atoms. The Labute approximate surface area is 146 Å². The number of aromatic nitrogens is 2. The predicted octanol–water partition coefficient (Wildman–Crippen LogP) is 1.98. The molecule has 26 heavy (non-hydrogen) atoms. The predicted molar refractivity (Wildman–Crippen MR) is 85.0 cm³/mol. The van der Waals surface area contributed by atoms with E-state index in [1.165, 1.54) is 13.0 Å². The fourth-order valence-electron chi connectivity index (χ4n) is 2.88. The lowest BCUT2D eigenvalue weighted by Crippen LogP contribution is -2.51. The van der Waals surface area contributed by atoms with Crippen molar-refractivity contribution in [2.75, 3.05) is 6.79 Å². The topological polar surface area (TPSA) is 100 Å². The second-order valence-corrected chi connectivity index (χ2v) is 6.04. The molecular weight excluding hydrogens is 350 g/mol. The van der Waals surface area contributed by atoms with Crippen molar-refractivity contribution in [1.82, 2.24) is 15.2 Å². The number of nitrogens with zero attached hydrogens (tertiary/aromatic N) is 3. The van der Waals surface area contributed by atoms with Gasteiger partial charge in [0.2, 0.25) is 12.5 Å². The van der Waals surface area contributed by atoms with E-state index in [-0.39, 0.29) is 18.2 Å². The van der Waals surface area contributed by atoms with Gasteiger partial charge in [0, 0.05) is 17.7 Å². The van der Waals surface area contributed by atoms with Crippen LogP contribution in [0.5, 0.6) is 11.5 Å². The van der Waals surface area contributed by atoms with Crippen molar-refractivity contribution < 1.29 is 28.2 Å². The van der Waals surface area contributed by atoms with Crippen molar-refractivity contribution in [3.05, 3.63) is 30.0 Å². The lowest BCUT2D eigenvalue weighted by Gasteiger charge is -2.29. The van der Waals surface area contributed by atoms with Crippen LogP contribution < -0.4 is 9.47 Å². The molecule has 2 N–H and O–H groups in total. The third-order valence-corrected chi connectivity index (χ3v) is 4.17. The minimum absolute atomic E-state index is 0.0739. The van der Waals surface area contributed by atoms with E-state index < -0.39 is 24.5 Å². The number of carbonyl (C=O) groups excluding carboxylic acids is 1. The highest BCUT2D eigenvalue weighted by Crippen LogP contribution is 2.36. The molecule has 0 fully saturated rings. The summed E-state index contributed by atoms with van der Waals surface area (Å²) in [6.07, 6.45) is -3.58. The number of hydrogen-bond acceptors (Lipinski definition) is 6. The van der Waals surface area contributed by atoms with Gasteiger partial charge in [-0.3, -0.25) is 9.89 Å². The maximum Gasteiger partial charge on any atom is 0.294 e. The summed E-state index contributed by atoms with van der Waals surface area (Å²) in [4.78, 5) is 12.6. The van der Waals surface area contributed by atoms with E-state index in [1.54, 1.807) is 18.2 Å². The Balaban J connectivity index is 1.63. The van der Waals surface area contributed by atoms with Crippen molar-refractivity contribution in [2.45, 2.75) is 25.5 Å². The van der Waals surface area contributed by atoms with Gasteiger partial charge in [-0.05, 0) is 31.2 Å². The molecule has 0 aliphatic carbocycles. The zero-order valence-corrected chi connectivity index (χ0v) is 13.6. The Hall–Kier alpha value is -3.01. The van der Waals surface area contributed by atoms with Crippen molar-refractivity contribution in [1.29, 1.82) is 0 Å². The van der Waals surface area contributed by atoms with Crippen LogP contribution in [0.4, 0.5) is 8.78 Å². The highest BCUT2D eigenvalue weighted by atomic mass is 19.3. The van der Waals surface area contributed by atoms with E-state index in [9.17, 15) is 18.7 Å². The van der Waals surface area contributed by atoms with Gasteiger partial charge >= 0.3 is 0 Å². The fourth-order valence-corrected chi connectivity index (χ4v) is 2.88. The molecular formula is C16H14F2N4O4. The minimum atomic E-state index is -3.16. The summed E-state index contributed by atoms with van der Waals surface area (Å²) in [5.41, 5.74) is -1.45. The zero-order chi connectivity index (χ0) is 18.5. The molecule has 136 valence electrons. The molecule has 0 saturated carbocycles. The van der Waals surface area contributed by atoms with Crippen LogP contribution in [0.25, 0.3) is 11.3 Å². The molecule has 0 saturated heterocycles. The van der Waals surface area contributed by atoms with E-state index in [2.05, 4.69) is 15.3 Å². The third kappa shape index (κ3) is 2.49. The number of nitrogens with one attached hydrogen (secondary N) is 1. The number of ether oxygens (including phenoxy) is 2. The summed E-state index contributed by atoms with van der Waals surface area (Å²) in [6, 6.07) is 6.53. The van der Waals surface area contributed by atoms with E-state index >= 15 is 0 Å². The van der Waals surface area contributed by atoms with Crippen molar-refractivity contribution in [3.63, 3.8) is 0 Å². The smallest absolute Gasteiger partial charge is 0.294 e. The number of aliphatic hydroxyl groups is 1. The van der Waals surface area contributed by atoms with Crippen LogP contribution in [-0.4, -0.2) is 50.9 Å². The molecule has 3 heterocycles. The number of hydrogen-bond donors (Lipinski definition) is 2. The van der Waals surface area contributed by atoms with E-state index in [0.717, 1.165) is 0 Å². The Morgan fingerprint density at radius 1 is 1.35 bits per heavy atom. The molecule has 0 unspecified atom stereocenters. The fraction of sp³-hybridized carbons (Fsp3) is 0.312. The Bertz CT molecular complexity index is 913. The van der Waals surface area contributed by atoms with Gasteiger partial charge in [-0.1, -0.05) is 0 Å². The quantitative estimate of drug-likeness (QED) is 0.868. The first kappa shape index (κ1) is 16.5. The van der Waals surface area contributed by atoms with Crippen LogP contribution >= 0.6 is 0 Å². The molecule has 1 aromatic carbocycles. The second-order valence-electron chi connectivity index (χ2n) is 6.04. The molecule has 4 rings (SSSR count). The molecule has 2 aliphatic rings. The van der Waals surface area contributed by atoms with Crippen molar-refractivity contribution in [3.8, 4) is 22.8 Å². The molecule has 0 radical (unpaired) electrons. The monoisotopic (exact) mass is 364 g/mol. The molecule has 1 aromatic heterocycles.